The molecule has 0 aromatic carbocycles. The largest absolute Gasteiger partial charge is 0.355 e. The summed E-state index contributed by atoms with van der Waals surface area (Å²) < 4.78 is 0. The predicted molar refractivity (Wildman–Crippen MR) is 81.8 cm³/mol. The number of rotatable bonds is 3. The number of nitrogens with zero attached hydrogens (tertiary/aromatic N) is 3. The van der Waals surface area contributed by atoms with Gasteiger partial charge in [0.25, 0.3) is 0 Å². The summed E-state index contributed by atoms with van der Waals surface area (Å²) in [7, 11) is 1.93. The van der Waals surface area contributed by atoms with Gasteiger partial charge in [-0.25, -0.2) is 0 Å². The molecule has 4 heteroatoms. The zero-order valence-electron chi connectivity index (χ0n) is 12.6. The molecule has 0 unspecified atom stereocenters. The maximum Gasteiger partial charge on any atom is 0.151 e. The zero-order valence-corrected chi connectivity index (χ0v) is 12.6. The Balaban J connectivity index is 1.59. The average Bonchev–Trinajstić information content (AvgIpc) is 2.50. The number of aromatic nitrogens is 2. The van der Waals surface area contributed by atoms with E-state index < -0.39 is 0 Å². The van der Waals surface area contributed by atoms with Gasteiger partial charge in [0.1, 0.15) is 0 Å². The summed E-state index contributed by atoms with van der Waals surface area (Å²) in [6, 6.07) is 4.21. The van der Waals surface area contributed by atoms with E-state index in [-0.39, 0.29) is 0 Å². The van der Waals surface area contributed by atoms with Gasteiger partial charge in [-0.05, 0) is 50.3 Å². The molecule has 0 bridgehead atoms. The summed E-state index contributed by atoms with van der Waals surface area (Å²) in [4.78, 5) is 2.41. The summed E-state index contributed by atoms with van der Waals surface area (Å²) in [6.07, 6.45) is 9.92. The second kappa shape index (κ2) is 6.08. The van der Waals surface area contributed by atoms with Crippen LogP contribution in [0.1, 0.15) is 50.6 Å². The average molecular weight is 274 g/mol. The van der Waals surface area contributed by atoms with Crippen LogP contribution in [0.3, 0.4) is 0 Å². The smallest absolute Gasteiger partial charge is 0.151 e. The summed E-state index contributed by atoms with van der Waals surface area (Å²) in [6.45, 7) is 3.09. The van der Waals surface area contributed by atoms with E-state index in [1.54, 1.807) is 0 Å². The molecule has 1 saturated heterocycles. The first-order valence-corrected chi connectivity index (χ1v) is 8.04. The van der Waals surface area contributed by atoms with Crippen molar-refractivity contribution in [3.63, 3.8) is 0 Å². The number of hydrogen-bond acceptors (Lipinski definition) is 4. The Hall–Kier alpha value is -1.16. The molecule has 110 valence electrons. The summed E-state index contributed by atoms with van der Waals surface area (Å²) in [5.41, 5.74) is 1.67. The normalized spacial score (nSPS) is 22.1. The standard InChI is InChI=1S/C16H26N4/c1-17-13-14-5-6-15(19-18-14)20-11-9-16(10-12-20)7-3-2-4-8-16/h5-6,17H,2-4,7-13H2,1H3. The molecule has 1 aromatic rings. The first kappa shape index (κ1) is 13.8. The highest BCUT2D eigenvalue weighted by atomic mass is 15.3. The Morgan fingerprint density at radius 2 is 1.80 bits per heavy atom. The van der Waals surface area contributed by atoms with E-state index in [0.717, 1.165) is 31.1 Å². The Labute approximate surface area is 122 Å². The lowest BCUT2D eigenvalue weighted by Gasteiger charge is -2.44. The van der Waals surface area contributed by atoms with Crippen LogP contribution < -0.4 is 10.2 Å². The van der Waals surface area contributed by atoms with Crippen LogP contribution >= 0.6 is 0 Å². The molecule has 0 amide bonds. The monoisotopic (exact) mass is 274 g/mol. The van der Waals surface area contributed by atoms with E-state index in [9.17, 15) is 0 Å². The minimum Gasteiger partial charge on any atom is -0.355 e. The Kier molecular flexibility index (Phi) is 4.20. The summed E-state index contributed by atoms with van der Waals surface area (Å²) >= 11 is 0. The van der Waals surface area contributed by atoms with Crippen molar-refractivity contribution in [2.24, 2.45) is 5.41 Å². The van der Waals surface area contributed by atoms with Gasteiger partial charge in [-0.3, -0.25) is 0 Å². The molecule has 1 N–H and O–H groups in total. The molecule has 2 heterocycles. The quantitative estimate of drug-likeness (QED) is 0.920. The summed E-state index contributed by atoms with van der Waals surface area (Å²) in [5.74, 6) is 1.05. The van der Waals surface area contributed by atoms with Gasteiger partial charge in [0, 0.05) is 19.6 Å². The fourth-order valence-electron chi connectivity index (χ4n) is 3.81. The highest BCUT2D eigenvalue weighted by Crippen LogP contribution is 2.44. The Morgan fingerprint density at radius 3 is 2.40 bits per heavy atom. The minimum atomic E-state index is 0.661. The van der Waals surface area contributed by atoms with Gasteiger partial charge in [-0.2, -0.15) is 5.10 Å². The highest BCUT2D eigenvalue weighted by Gasteiger charge is 2.35. The number of nitrogens with one attached hydrogen (secondary N) is 1. The predicted octanol–water partition coefficient (Wildman–Crippen LogP) is 2.75. The molecule has 3 rings (SSSR count). The number of hydrogen-bond donors (Lipinski definition) is 1. The van der Waals surface area contributed by atoms with Crippen molar-refractivity contribution >= 4 is 5.82 Å². The van der Waals surface area contributed by atoms with Crippen molar-refractivity contribution in [2.45, 2.75) is 51.5 Å². The fraction of sp³-hybridized carbons (Fsp3) is 0.750. The maximum atomic E-state index is 4.39. The highest BCUT2D eigenvalue weighted by molar-refractivity contribution is 5.38. The molecule has 4 nitrogen and oxygen atoms in total. The van der Waals surface area contributed by atoms with Crippen molar-refractivity contribution in [3.8, 4) is 0 Å². The molecular formula is C16H26N4. The molecule has 1 aliphatic carbocycles. The maximum absolute atomic E-state index is 4.39. The van der Waals surface area contributed by atoms with E-state index in [0.29, 0.717) is 5.41 Å². The number of anilines is 1. The minimum absolute atomic E-state index is 0.661. The first-order valence-electron chi connectivity index (χ1n) is 8.04. The molecule has 20 heavy (non-hydrogen) atoms. The molecule has 2 fully saturated rings. The van der Waals surface area contributed by atoms with Crippen molar-refractivity contribution in [1.82, 2.24) is 15.5 Å². The van der Waals surface area contributed by atoms with Gasteiger partial charge in [0.2, 0.25) is 0 Å². The molecule has 1 saturated carbocycles. The van der Waals surface area contributed by atoms with E-state index in [1.807, 2.05) is 7.05 Å². The molecular weight excluding hydrogens is 248 g/mol. The van der Waals surface area contributed by atoms with Crippen LogP contribution in [0.4, 0.5) is 5.82 Å². The van der Waals surface area contributed by atoms with Gasteiger partial charge >= 0.3 is 0 Å². The van der Waals surface area contributed by atoms with Crippen LogP contribution in [-0.4, -0.2) is 30.3 Å². The van der Waals surface area contributed by atoms with E-state index in [1.165, 1.54) is 44.9 Å². The molecule has 0 atom stereocenters. The SMILES string of the molecule is CNCc1ccc(N2CCC3(CCCCC3)CC2)nn1. The number of piperidine rings is 1. The van der Waals surface area contributed by atoms with Crippen LogP contribution in [0.2, 0.25) is 0 Å². The van der Waals surface area contributed by atoms with Crippen LogP contribution in [0.15, 0.2) is 12.1 Å². The van der Waals surface area contributed by atoms with Crippen molar-refractivity contribution < 1.29 is 0 Å². The van der Waals surface area contributed by atoms with Crippen LogP contribution in [0.25, 0.3) is 0 Å². The third-order valence-corrected chi connectivity index (χ3v) is 5.13. The Morgan fingerprint density at radius 1 is 1.05 bits per heavy atom. The van der Waals surface area contributed by atoms with Gasteiger partial charge in [-0.1, -0.05) is 19.3 Å². The summed E-state index contributed by atoms with van der Waals surface area (Å²) in [5, 5.41) is 11.8. The van der Waals surface area contributed by atoms with Gasteiger partial charge < -0.3 is 10.2 Å². The van der Waals surface area contributed by atoms with Crippen molar-refractivity contribution in [2.75, 3.05) is 25.0 Å². The lowest BCUT2D eigenvalue weighted by atomic mass is 9.68. The molecule has 1 aliphatic heterocycles. The van der Waals surface area contributed by atoms with E-state index in [4.69, 9.17) is 0 Å². The molecule has 1 aromatic heterocycles. The lowest BCUT2D eigenvalue weighted by molar-refractivity contribution is 0.144. The van der Waals surface area contributed by atoms with Gasteiger partial charge in [-0.15, -0.1) is 5.10 Å². The molecule has 2 aliphatic rings. The second-order valence-electron chi connectivity index (χ2n) is 6.46. The zero-order chi connectivity index (χ0) is 13.8. The topological polar surface area (TPSA) is 41.0 Å². The van der Waals surface area contributed by atoms with Crippen molar-refractivity contribution in [1.29, 1.82) is 0 Å². The van der Waals surface area contributed by atoms with Gasteiger partial charge in [0.15, 0.2) is 5.82 Å². The first-order chi connectivity index (χ1) is 9.81. The van der Waals surface area contributed by atoms with Gasteiger partial charge in [0.05, 0.1) is 5.69 Å². The molecule has 0 radical (unpaired) electrons. The third-order valence-electron chi connectivity index (χ3n) is 5.13. The lowest BCUT2D eigenvalue weighted by Crippen LogP contribution is -2.41. The fourth-order valence-corrected chi connectivity index (χ4v) is 3.81. The van der Waals surface area contributed by atoms with Crippen LogP contribution in [0.5, 0.6) is 0 Å². The Bertz CT molecular complexity index is 413. The van der Waals surface area contributed by atoms with Crippen molar-refractivity contribution in [3.05, 3.63) is 17.8 Å². The molecule has 1 spiro atoms. The van der Waals surface area contributed by atoms with Crippen LogP contribution in [0, 0.1) is 5.41 Å². The van der Waals surface area contributed by atoms with Crippen LogP contribution in [-0.2, 0) is 6.54 Å². The van der Waals surface area contributed by atoms with E-state index in [2.05, 4.69) is 32.5 Å². The van der Waals surface area contributed by atoms with E-state index >= 15 is 0 Å². The third kappa shape index (κ3) is 2.95. The second-order valence-corrected chi connectivity index (χ2v) is 6.46.